The van der Waals surface area contributed by atoms with Crippen LogP contribution in [0.3, 0.4) is 0 Å². The molecule has 2 amide bonds. The molecule has 0 bridgehead atoms. The zero-order valence-corrected chi connectivity index (χ0v) is 27.1. The molecule has 1 aromatic heterocycles. The maximum Gasteiger partial charge on any atom is 0.328 e. The molecule has 0 spiro atoms. The zero-order chi connectivity index (χ0) is 33.2. The lowest BCUT2D eigenvalue weighted by atomic mass is 9.91. The van der Waals surface area contributed by atoms with Crippen molar-refractivity contribution >= 4 is 23.8 Å². The minimum absolute atomic E-state index is 0.0276. The van der Waals surface area contributed by atoms with E-state index in [0.717, 1.165) is 32.5 Å². The number of pyridine rings is 1. The van der Waals surface area contributed by atoms with Gasteiger partial charge in [0.15, 0.2) is 12.5 Å². The number of carbonyl (C=O) groups is 2. The number of urea groups is 1. The number of nitrogens with zero attached hydrogens (tertiary/aromatic N) is 1. The van der Waals surface area contributed by atoms with Gasteiger partial charge in [0.2, 0.25) is 0 Å². The van der Waals surface area contributed by atoms with E-state index >= 15 is 0 Å². The summed E-state index contributed by atoms with van der Waals surface area (Å²) in [6.45, 7) is 2.27. The van der Waals surface area contributed by atoms with Gasteiger partial charge in [-0.1, -0.05) is 97.5 Å². The second-order valence-electron chi connectivity index (χ2n) is 11.3. The van der Waals surface area contributed by atoms with Gasteiger partial charge in [-0.25, -0.2) is 9.59 Å². The molecule has 3 aromatic carbocycles. The average Bonchev–Trinajstić information content (AvgIpc) is 3.11. The van der Waals surface area contributed by atoms with Crippen molar-refractivity contribution < 1.29 is 33.6 Å². The molecule has 246 valence electrons. The van der Waals surface area contributed by atoms with E-state index in [2.05, 4.69) is 17.6 Å². The summed E-state index contributed by atoms with van der Waals surface area (Å²) in [6.07, 6.45) is 0.603. The van der Waals surface area contributed by atoms with Gasteiger partial charge in [-0.2, -0.15) is 4.73 Å². The van der Waals surface area contributed by atoms with Gasteiger partial charge in [-0.15, -0.1) is 0 Å². The van der Waals surface area contributed by atoms with Crippen LogP contribution in [-0.2, 0) is 38.6 Å². The molecule has 1 aliphatic rings. The molecule has 47 heavy (non-hydrogen) atoms. The maximum absolute atomic E-state index is 12.7. The Kier molecular flexibility index (Phi) is 11.9. The fraction of sp³-hybridized carbons (Fsp3) is 0.306. The SMILES string of the molecule is COC(=O)[C@H](Cc1ccccc1)NC(=O)NCc1ccc([C@H]2O[C@@H](CSc3cccc[n+]3[O-])[C@@H](C)[C@@H](c3ccc(CO)cc3)O2)cc1. The third-order valence-corrected chi connectivity index (χ3v) is 9.19. The Bertz CT molecular complexity index is 1610. The lowest BCUT2D eigenvalue weighted by Crippen LogP contribution is -2.47. The molecule has 5 atom stereocenters. The molecule has 1 saturated heterocycles. The highest BCUT2D eigenvalue weighted by atomic mass is 32.2. The highest BCUT2D eigenvalue weighted by Gasteiger charge is 2.38. The molecule has 0 saturated carbocycles. The van der Waals surface area contributed by atoms with Gasteiger partial charge in [0.1, 0.15) is 6.04 Å². The molecule has 1 fully saturated rings. The highest BCUT2D eigenvalue weighted by molar-refractivity contribution is 7.99. The van der Waals surface area contributed by atoms with Crippen molar-refractivity contribution in [3.63, 3.8) is 0 Å². The topological polar surface area (TPSA) is 133 Å². The number of aliphatic hydroxyl groups excluding tert-OH is 1. The van der Waals surface area contributed by atoms with Crippen LogP contribution in [0.2, 0.25) is 0 Å². The highest BCUT2D eigenvalue weighted by Crippen LogP contribution is 2.42. The first-order valence-electron chi connectivity index (χ1n) is 15.4. The summed E-state index contributed by atoms with van der Waals surface area (Å²) in [5.41, 5.74) is 4.35. The van der Waals surface area contributed by atoms with Gasteiger partial charge in [0.25, 0.3) is 5.03 Å². The zero-order valence-electron chi connectivity index (χ0n) is 26.3. The number of esters is 1. The van der Waals surface area contributed by atoms with Crippen LogP contribution in [0.25, 0.3) is 0 Å². The number of aliphatic hydroxyl groups is 1. The number of hydrogen-bond donors (Lipinski definition) is 3. The van der Waals surface area contributed by atoms with Crippen molar-refractivity contribution in [3.05, 3.63) is 136 Å². The molecule has 1 aliphatic heterocycles. The number of methoxy groups -OCH3 is 1. The third kappa shape index (κ3) is 9.11. The molecule has 5 rings (SSSR count). The van der Waals surface area contributed by atoms with E-state index in [9.17, 15) is 19.9 Å². The van der Waals surface area contributed by atoms with Gasteiger partial charge in [-0.05, 0) is 28.3 Å². The number of rotatable bonds is 12. The van der Waals surface area contributed by atoms with E-state index in [1.54, 1.807) is 12.1 Å². The summed E-state index contributed by atoms with van der Waals surface area (Å²) in [5.74, 6) is -0.00218. The molecule has 0 aliphatic carbocycles. The summed E-state index contributed by atoms with van der Waals surface area (Å²) >= 11 is 1.44. The van der Waals surface area contributed by atoms with Crippen LogP contribution < -0.4 is 15.4 Å². The normalized spacial score (nSPS) is 19.8. The van der Waals surface area contributed by atoms with Gasteiger partial charge in [-0.3, -0.25) is 0 Å². The van der Waals surface area contributed by atoms with Crippen LogP contribution in [-0.4, -0.2) is 42.1 Å². The summed E-state index contributed by atoms with van der Waals surface area (Å²) in [5, 5.41) is 27.9. The molecule has 10 nitrogen and oxygen atoms in total. The largest absolute Gasteiger partial charge is 0.618 e. The van der Waals surface area contributed by atoms with Crippen LogP contribution in [0.4, 0.5) is 4.79 Å². The van der Waals surface area contributed by atoms with E-state index in [1.807, 2.05) is 84.9 Å². The second-order valence-corrected chi connectivity index (χ2v) is 12.4. The van der Waals surface area contributed by atoms with E-state index in [0.29, 0.717) is 17.2 Å². The molecular formula is C36H39N3O7S. The maximum atomic E-state index is 12.7. The van der Waals surface area contributed by atoms with Crippen molar-refractivity contribution in [2.75, 3.05) is 12.9 Å². The monoisotopic (exact) mass is 657 g/mol. The minimum atomic E-state index is -0.827. The first-order chi connectivity index (χ1) is 22.8. The Hall–Kier alpha value is -4.42. The lowest BCUT2D eigenvalue weighted by Gasteiger charge is -2.41. The van der Waals surface area contributed by atoms with Gasteiger partial charge < -0.3 is 35.2 Å². The predicted molar refractivity (Wildman–Crippen MR) is 177 cm³/mol. The fourth-order valence-electron chi connectivity index (χ4n) is 5.37. The van der Waals surface area contributed by atoms with Crippen molar-refractivity contribution in [3.8, 4) is 0 Å². The van der Waals surface area contributed by atoms with E-state index < -0.39 is 24.3 Å². The number of nitrogens with one attached hydrogen (secondary N) is 2. The van der Waals surface area contributed by atoms with Gasteiger partial charge in [0, 0.05) is 42.3 Å². The second kappa shape index (κ2) is 16.4. The number of thioether (sulfide) groups is 1. The Balaban J connectivity index is 1.24. The summed E-state index contributed by atoms with van der Waals surface area (Å²) in [6, 6.07) is 28.7. The number of amides is 2. The van der Waals surface area contributed by atoms with Crippen LogP contribution in [0.1, 0.15) is 47.1 Å². The van der Waals surface area contributed by atoms with E-state index in [1.165, 1.54) is 25.1 Å². The van der Waals surface area contributed by atoms with Gasteiger partial charge in [0.05, 0.1) is 25.9 Å². The predicted octanol–water partition coefficient (Wildman–Crippen LogP) is 4.98. The number of ether oxygens (including phenoxy) is 3. The van der Waals surface area contributed by atoms with Crippen molar-refractivity contribution in [2.24, 2.45) is 5.92 Å². The standard InChI is InChI=1S/C36H39N3O7S/c1-24-31(23-47-32-10-6-7-19-39(32)43)45-35(46-33(24)28-15-13-27(22-40)14-16-28)29-17-11-26(12-18-29)21-37-36(42)38-30(34(41)44-2)20-25-8-4-3-5-9-25/h3-19,24,30-31,33,35,40H,20-23H2,1-2H3,(H2,37,38,42)/t24-,30+,31+,33+,35+/m1/s1. The van der Waals surface area contributed by atoms with E-state index in [4.69, 9.17) is 14.2 Å². The summed E-state index contributed by atoms with van der Waals surface area (Å²) < 4.78 is 18.8. The smallest absolute Gasteiger partial charge is 0.328 e. The minimum Gasteiger partial charge on any atom is -0.618 e. The molecule has 11 heteroatoms. The Labute approximate surface area is 278 Å². The molecule has 3 N–H and O–H groups in total. The van der Waals surface area contributed by atoms with Crippen LogP contribution >= 0.6 is 11.8 Å². The third-order valence-electron chi connectivity index (χ3n) is 8.09. The molecular weight excluding hydrogens is 618 g/mol. The van der Waals surface area contributed by atoms with Crippen LogP contribution in [0.5, 0.6) is 0 Å². The number of aromatic nitrogens is 1. The van der Waals surface area contributed by atoms with Crippen molar-refractivity contribution in [1.29, 1.82) is 0 Å². The van der Waals surface area contributed by atoms with Gasteiger partial charge >= 0.3 is 12.0 Å². The first kappa shape index (κ1) is 33.9. The molecule has 0 radical (unpaired) electrons. The summed E-state index contributed by atoms with van der Waals surface area (Å²) in [7, 11) is 1.29. The lowest BCUT2D eigenvalue weighted by molar-refractivity contribution is -0.645. The van der Waals surface area contributed by atoms with Crippen molar-refractivity contribution in [1.82, 2.24) is 10.6 Å². The number of benzene rings is 3. The Morgan fingerprint density at radius 3 is 2.28 bits per heavy atom. The van der Waals surface area contributed by atoms with Crippen LogP contribution in [0.15, 0.2) is 108 Å². The summed E-state index contributed by atoms with van der Waals surface area (Å²) in [4.78, 5) is 25.0. The quantitative estimate of drug-likeness (QED) is 0.0842. The average molecular weight is 658 g/mol. The Morgan fingerprint density at radius 2 is 1.60 bits per heavy atom. The first-order valence-corrected chi connectivity index (χ1v) is 16.4. The van der Waals surface area contributed by atoms with E-state index in [-0.39, 0.29) is 31.3 Å². The molecule has 4 aromatic rings. The number of carbonyl (C=O) groups excluding carboxylic acids is 2. The van der Waals surface area contributed by atoms with Crippen molar-refractivity contribution in [2.45, 2.75) is 56.1 Å². The molecule has 2 heterocycles. The molecule has 0 unspecified atom stereocenters. The Morgan fingerprint density at radius 1 is 0.915 bits per heavy atom. The number of hydrogen-bond acceptors (Lipinski definition) is 8. The fourth-order valence-corrected chi connectivity index (χ4v) is 6.45. The van der Waals surface area contributed by atoms with Crippen LogP contribution in [0, 0.1) is 11.1 Å².